The number of ether oxygens (including phenoxy) is 1. The fourth-order valence-electron chi connectivity index (χ4n) is 1.03. The summed E-state index contributed by atoms with van der Waals surface area (Å²) in [5, 5.41) is 11.5. The van der Waals surface area contributed by atoms with Crippen LogP contribution in [0.15, 0.2) is 0 Å². The number of amides is 1. The molecule has 0 saturated carbocycles. The molecule has 18 heavy (non-hydrogen) atoms. The first-order chi connectivity index (χ1) is 8.03. The Bertz CT molecular complexity index is 359. The largest absolute Gasteiger partial charge is 0.444 e. The summed E-state index contributed by atoms with van der Waals surface area (Å²) in [6, 6.07) is -0.610. The predicted molar refractivity (Wildman–Crippen MR) is 65.7 cm³/mol. The third-order valence-corrected chi connectivity index (χ3v) is 2.30. The first-order valence-electron chi connectivity index (χ1n) is 5.48. The Morgan fingerprint density at radius 1 is 1.39 bits per heavy atom. The van der Waals surface area contributed by atoms with Gasteiger partial charge in [-0.05, 0) is 27.2 Å². The van der Waals surface area contributed by atoms with Crippen molar-refractivity contribution >= 4 is 16.2 Å². The molecule has 0 aliphatic heterocycles. The third kappa shape index (κ3) is 10.3. The van der Waals surface area contributed by atoms with Crippen LogP contribution in [0.4, 0.5) is 4.79 Å². The maximum atomic E-state index is 11.4. The van der Waals surface area contributed by atoms with Crippen molar-refractivity contribution in [2.24, 2.45) is 0 Å². The van der Waals surface area contributed by atoms with Crippen molar-refractivity contribution in [2.45, 2.75) is 38.8 Å². The Labute approximate surface area is 108 Å². The summed E-state index contributed by atoms with van der Waals surface area (Å²) in [4.78, 5) is 11.4. The molecule has 0 bridgehead atoms. The molecule has 8 heteroatoms. The molecular formula is C10H21NO6S. The fourth-order valence-corrected chi connectivity index (χ4v) is 1.42. The van der Waals surface area contributed by atoms with Crippen LogP contribution in [0.25, 0.3) is 0 Å². The quantitative estimate of drug-likeness (QED) is 0.677. The van der Waals surface area contributed by atoms with Gasteiger partial charge in [-0.1, -0.05) is 0 Å². The summed E-state index contributed by atoms with van der Waals surface area (Å²) in [5.74, 6) is 0. The van der Waals surface area contributed by atoms with E-state index in [4.69, 9.17) is 9.84 Å². The van der Waals surface area contributed by atoms with E-state index in [1.807, 2.05) is 0 Å². The van der Waals surface area contributed by atoms with Gasteiger partial charge in [-0.15, -0.1) is 0 Å². The van der Waals surface area contributed by atoms with Crippen molar-refractivity contribution in [1.29, 1.82) is 0 Å². The van der Waals surface area contributed by atoms with E-state index < -0.39 is 27.9 Å². The lowest BCUT2D eigenvalue weighted by Gasteiger charge is -2.22. The molecule has 0 spiro atoms. The van der Waals surface area contributed by atoms with E-state index in [1.165, 1.54) is 0 Å². The van der Waals surface area contributed by atoms with Crippen molar-refractivity contribution in [3.63, 3.8) is 0 Å². The van der Waals surface area contributed by atoms with E-state index in [9.17, 15) is 13.2 Å². The normalized spacial score (nSPS) is 14.1. The van der Waals surface area contributed by atoms with Crippen LogP contribution in [0.5, 0.6) is 0 Å². The van der Waals surface area contributed by atoms with Crippen LogP contribution in [0.2, 0.25) is 0 Å². The Balaban J connectivity index is 4.08. The van der Waals surface area contributed by atoms with Crippen LogP contribution in [0, 0.1) is 0 Å². The van der Waals surface area contributed by atoms with Crippen LogP contribution < -0.4 is 5.32 Å². The van der Waals surface area contributed by atoms with Crippen molar-refractivity contribution in [2.75, 3.05) is 19.5 Å². The van der Waals surface area contributed by atoms with E-state index in [0.717, 1.165) is 6.26 Å². The number of hydrogen-bond donors (Lipinski definition) is 2. The van der Waals surface area contributed by atoms with Gasteiger partial charge in [0.1, 0.15) is 5.60 Å². The molecule has 1 amide bonds. The molecule has 0 radical (unpaired) electrons. The molecule has 108 valence electrons. The first kappa shape index (κ1) is 17.1. The highest BCUT2D eigenvalue weighted by Gasteiger charge is 2.19. The number of alkyl carbamates (subject to hydrolysis) is 1. The fraction of sp³-hybridized carbons (Fsp3) is 0.900. The monoisotopic (exact) mass is 283 g/mol. The van der Waals surface area contributed by atoms with Crippen molar-refractivity contribution in [3.8, 4) is 0 Å². The first-order valence-corrected chi connectivity index (χ1v) is 7.30. The minimum atomic E-state index is -3.51. The third-order valence-electron chi connectivity index (χ3n) is 1.70. The summed E-state index contributed by atoms with van der Waals surface area (Å²) in [5.41, 5.74) is -0.632. The van der Waals surface area contributed by atoms with Gasteiger partial charge in [0.25, 0.3) is 10.1 Å². The molecule has 0 aliphatic carbocycles. The Kier molecular flexibility index (Phi) is 6.58. The molecule has 0 aromatic rings. The second-order valence-corrected chi connectivity index (χ2v) is 6.48. The minimum Gasteiger partial charge on any atom is -0.444 e. The maximum absolute atomic E-state index is 11.4. The molecule has 0 rings (SSSR count). The van der Waals surface area contributed by atoms with E-state index >= 15 is 0 Å². The number of hydrogen-bond acceptors (Lipinski definition) is 6. The lowest BCUT2D eigenvalue weighted by atomic mass is 10.2. The Morgan fingerprint density at radius 2 is 1.94 bits per heavy atom. The van der Waals surface area contributed by atoms with E-state index in [-0.39, 0.29) is 19.6 Å². The van der Waals surface area contributed by atoms with Crippen molar-refractivity contribution in [3.05, 3.63) is 0 Å². The highest BCUT2D eigenvalue weighted by Crippen LogP contribution is 2.07. The second kappa shape index (κ2) is 6.91. The molecule has 0 saturated heterocycles. The molecule has 0 unspecified atom stereocenters. The van der Waals surface area contributed by atoms with Crippen LogP contribution in [-0.4, -0.2) is 50.7 Å². The van der Waals surface area contributed by atoms with Gasteiger partial charge < -0.3 is 15.2 Å². The number of rotatable bonds is 6. The molecule has 2 N–H and O–H groups in total. The van der Waals surface area contributed by atoms with Crippen molar-refractivity contribution < 1.29 is 27.2 Å². The van der Waals surface area contributed by atoms with E-state index in [2.05, 4.69) is 9.50 Å². The van der Waals surface area contributed by atoms with Crippen LogP contribution >= 0.6 is 0 Å². The summed E-state index contributed by atoms with van der Waals surface area (Å²) in [7, 11) is -3.51. The number of carbonyl (C=O) groups excluding carboxylic acids is 1. The average Bonchev–Trinajstić information content (AvgIpc) is 2.11. The number of nitrogens with one attached hydrogen (secondary N) is 1. The maximum Gasteiger partial charge on any atom is 0.407 e. The van der Waals surface area contributed by atoms with Gasteiger partial charge in [-0.25, -0.2) is 4.79 Å². The van der Waals surface area contributed by atoms with Gasteiger partial charge in [-0.3, -0.25) is 4.18 Å². The SMILES string of the molecule is CC(C)(C)OC(=O)N[C@H](CO)CCOS(C)(=O)=O. The Morgan fingerprint density at radius 3 is 2.33 bits per heavy atom. The summed E-state index contributed by atoms with van der Waals surface area (Å²) in [6.45, 7) is 4.71. The highest BCUT2D eigenvalue weighted by molar-refractivity contribution is 7.85. The van der Waals surface area contributed by atoms with Gasteiger partial charge in [0, 0.05) is 0 Å². The number of aliphatic hydroxyl groups excluding tert-OH is 1. The lowest BCUT2D eigenvalue weighted by Crippen LogP contribution is -2.41. The molecule has 7 nitrogen and oxygen atoms in total. The molecule has 0 aromatic heterocycles. The zero-order valence-electron chi connectivity index (χ0n) is 11.1. The van der Waals surface area contributed by atoms with Gasteiger partial charge in [0.05, 0.1) is 25.5 Å². The van der Waals surface area contributed by atoms with Gasteiger partial charge in [-0.2, -0.15) is 8.42 Å². The van der Waals surface area contributed by atoms with Gasteiger partial charge in [0.2, 0.25) is 0 Å². The van der Waals surface area contributed by atoms with Crippen LogP contribution in [0.3, 0.4) is 0 Å². The predicted octanol–water partition coefficient (Wildman–Crippen LogP) is 0.238. The number of carbonyl (C=O) groups is 1. The second-order valence-electron chi connectivity index (χ2n) is 4.84. The van der Waals surface area contributed by atoms with E-state index in [1.54, 1.807) is 20.8 Å². The Hall–Kier alpha value is -0.860. The molecule has 0 aliphatic rings. The molecular weight excluding hydrogens is 262 g/mol. The summed E-state index contributed by atoms with van der Waals surface area (Å²) >= 11 is 0. The van der Waals surface area contributed by atoms with Crippen LogP contribution in [-0.2, 0) is 19.0 Å². The standard InChI is InChI=1S/C10H21NO6S/c1-10(2,3)17-9(13)11-8(7-12)5-6-16-18(4,14)15/h8,12H,5-7H2,1-4H3,(H,11,13)/t8-/m0/s1. The van der Waals surface area contributed by atoms with Crippen molar-refractivity contribution in [1.82, 2.24) is 5.32 Å². The van der Waals surface area contributed by atoms with E-state index in [0.29, 0.717) is 0 Å². The topological polar surface area (TPSA) is 102 Å². The smallest absolute Gasteiger partial charge is 0.407 e. The van der Waals surface area contributed by atoms with Gasteiger partial charge in [0.15, 0.2) is 0 Å². The van der Waals surface area contributed by atoms with Crippen LogP contribution in [0.1, 0.15) is 27.2 Å². The molecule has 1 atom stereocenters. The molecule has 0 aromatic carbocycles. The molecule has 0 heterocycles. The zero-order chi connectivity index (χ0) is 14.4. The average molecular weight is 283 g/mol. The summed E-state index contributed by atoms with van der Waals surface area (Å²) in [6.07, 6.45) is 0.436. The van der Waals surface area contributed by atoms with Gasteiger partial charge >= 0.3 is 6.09 Å². The molecule has 0 fully saturated rings. The zero-order valence-corrected chi connectivity index (χ0v) is 11.9. The highest BCUT2D eigenvalue weighted by atomic mass is 32.2. The lowest BCUT2D eigenvalue weighted by molar-refractivity contribution is 0.0474. The minimum absolute atomic E-state index is 0.111. The summed E-state index contributed by atoms with van der Waals surface area (Å²) < 4.78 is 30.9. The number of aliphatic hydroxyl groups is 1.